The first kappa shape index (κ1) is 14.6. The molecule has 1 aliphatic rings. The van der Waals surface area contributed by atoms with E-state index < -0.39 is 12.1 Å². The fourth-order valence-electron chi connectivity index (χ4n) is 2.24. The third kappa shape index (κ3) is 5.72. The van der Waals surface area contributed by atoms with Crippen LogP contribution in [0.4, 0.5) is 0 Å². The molecule has 4 nitrogen and oxygen atoms in total. The standard InChI is InChI=1S/C14H21NO3/c1-2-17-14(16)8-9-18-13(11-15)10-12-6-4-3-5-7-12/h8-9,12-13H,2-7,10H2,1H3. The average molecular weight is 251 g/mol. The number of carbonyl (C=O) groups excluding carboxylic acids is 1. The summed E-state index contributed by atoms with van der Waals surface area (Å²) < 4.78 is 9.99. The van der Waals surface area contributed by atoms with E-state index in [4.69, 9.17) is 14.7 Å². The summed E-state index contributed by atoms with van der Waals surface area (Å²) >= 11 is 0. The van der Waals surface area contributed by atoms with Gasteiger partial charge in [-0.05, 0) is 12.8 Å². The fraction of sp³-hybridized carbons (Fsp3) is 0.714. The van der Waals surface area contributed by atoms with Crippen molar-refractivity contribution in [1.82, 2.24) is 0 Å². The number of hydrogen-bond donors (Lipinski definition) is 0. The van der Waals surface area contributed by atoms with Crippen LogP contribution in [0.2, 0.25) is 0 Å². The Morgan fingerprint density at radius 2 is 2.17 bits per heavy atom. The molecule has 1 saturated carbocycles. The van der Waals surface area contributed by atoms with Crippen LogP contribution in [-0.4, -0.2) is 18.7 Å². The Kier molecular flexibility index (Phi) is 6.93. The van der Waals surface area contributed by atoms with Crippen molar-refractivity contribution in [3.63, 3.8) is 0 Å². The lowest BCUT2D eigenvalue weighted by Crippen LogP contribution is -2.16. The molecule has 0 bridgehead atoms. The molecule has 0 spiro atoms. The largest absolute Gasteiger partial charge is 0.483 e. The molecular weight excluding hydrogens is 230 g/mol. The molecule has 1 unspecified atom stereocenters. The Hall–Kier alpha value is -1.50. The van der Waals surface area contributed by atoms with Gasteiger partial charge in [0.15, 0.2) is 6.10 Å². The first-order valence-corrected chi connectivity index (χ1v) is 6.64. The van der Waals surface area contributed by atoms with Gasteiger partial charge in [-0.15, -0.1) is 0 Å². The average Bonchev–Trinajstić information content (AvgIpc) is 2.39. The molecule has 1 fully saturated rings. The Balaban J connectivity index is 2.28. The quantitative estimate of drug-likeness (QED) is 0.413. The summed E-state index contributed by atoms with van der Waals surface area (Å²) in [5.41, 5.74) is 0. The Morgan fingerprint density at radius 3 is 2.78 bits per heavy atom. The first-order valence-electron chi connectivity index (χ1n) is 6.64. The van der Waals surface area contributed by atoms with Crippen LogP contribution in [0.5, 0.6) is 0 Å². The van der Waals surface area contributed by atoms with Gasteiger partial charge in [0.25, 0.3) is 0 Å². The molecule has 4 heteroatoms. The third-order valence-electron chi connectivity index (χ3n) is 3.15. The molecule has 0 aliphatic heterocycles. The molecular formula is C14H21NO3. The van der Waals surface area contributed by atoms with Gasteiger partial charge in [0.05, 0.1) is 18.9 Å². The second-order valence-corrected chi connectivity index (χ2v) is 4.55. The zero-order chi connectivity index (χ0) is 13.2. The van der Waals surface area contributed by atoms with Crippen molar-refractivity contribution in [3.8, 4) is 6.07 Å². The van der Waals surface area contributed by atoms with E-state index in [0.717, 1.165) is 6.42 Å². The maximum atomic E-state index is 11.0. The second kappa shape index (κ2) is 8.57. The van der Waals surface area contributed by atoms with E-state index in [2.05, 4.69) is 6.07 Å². The van der Waals surface area contributed by atoms with Crippen LogP contribution in [0, 0.1) is 17.2 Å². The zero-order valence-electron chi connectivity index (χ0n) is 10.9. The highest BCUT2D eigenvalue weighted by molar-refractivity contribution is 5.81. The molecule has 1 atom stereocenters. The van der Waals surface area contributed by atoms with E-state index in [1.807, 2.05) is 0 Å². The predicted molar refractivity (Wildman–Crippen MR) is 67.5 cm³/mol. The second-order valence-electron chi connectivity index (χ2n) is 4.55. The number of hydrogen-bond acceptors (Lipinski definition) is 4. The van der Waals surface area contributed by atoms with Crippen molar-refractivity contribution in [3.05, 3.63) is 12.3 Å². The maximum absolute atomic E-state index is 11.0. The summed E-state index contributed by atoms with van der Waals surface area (Å²) in [6, 6.07) is 2.13. The van der Waals surface area contributed by atoms with Gasteiger partial charge in [-0.1, -0.05) is 32.1 Å². The number of nitrogens with zero attached hydrogens (tertiary/aromatic N) is 1. The zero-order valence-corrected chi connectivity index (χ0v) is 10.9. The Labute approximate surface area is 109 Å². The monoisotopic (exact) mass is 251 g/mol. The van der Waals surface area contributed by atoms with E-state index in [-0.39, 0.29) is 0 Å². The van der Waals surface area contributed by atoms with Crippen LogP contribution in [-0.2, 0) is 14.3 Å². The lowest BCUT2D eigenvalue weighted by Gasteiger charge is -2.23. The van der Waals surface area contributed by atoms with Crippen molar-refractivity contribution in [1.29, 1.82) is 5.26 Å². The summed E-state index contributed by atoms with van der Waals surface area (Å²) in [5, 5.41) is 9.00. The molecule has 0 aromatic carbocycles. The van der Waals surface area contributed by atoms with Gasteiger partial charge in [-0.25, -0.2) is 4.79 Å². The molecule has 18 heavy (non-hydrogen) atoms. The molecule has 0 radical (unpaired) electrons. The van der Waals surface area contributed by atoms with Crippen molar-refractivity contribution in [2.24, 2.45) is 5.92 Å². The number of esters is 1. The highest BCUT2D eigenvalue weighted by Crippen LogP contribution is 2.27. The lowest BCUT2D eigenvalue weighted by atomic mass is 9.85. The van der Waals surface area contributed by atoms with E-state index in [1.54, 1.807) is 6.92 Å². The van der Waals surface area contributed by atoms with Crippen molar-refractivity contribution >= 4 is 5.97 Å². The molecule has 0 aromatic rings. The van der Waals surface area contributed by atoms with Gasteiger partial charge in [0.2, 0.25) is 0 Å². The summed E-state index contributed by atoms with van der Waals surface area (Å²) in [6.45, 7) is 2.08. The summed E-state index contributed by atoms with van der Waals surface area (Å²) in [4.78, 5) is 11.0. The van der Waals surface area contributed by atoms with Crippen LogP contribution in [0.1, 0.15) is 45.4 Å². The van der Waals surface area contributed by atoms with Gasteiger partial charge in [-0.3, -0.25) is 0 Å². The van der Waals surface area contributed by atoms with Crippen LogP contribution in [0.15, 0.2) is 12.3 Å². The molecule has 100 valence electrons. The predicted octanol–water partition coefficient (Wildman–Crippen LogP) is 2.94. The smallest absolute Gasteiger partial charge is 0.333 e. The van der Waals surface area contributed by atoms with Gasteiger partial charge < -0.3 is 9.47 Å². The van der Waals surface area contributed by atoms with Gasteiger partial charge in [0.1, 0.15) is 6.07 Å². The molecule has 0 heterocycles. The Bertz CT molecular complexity index is 313. The molecule has 0 aromatic heterocycles. The van der Waals surface area contributed by atoms with Gasteiger partial charge >= 0.3 is 5.97 Å². The Morgan fingerprint density at radius 1 is 1.44 bits per heavy atom. The van der Waals surface area contributed by atoms with E-state index in [1.165, 1.54) is 44.4 Å². The first-order chi connectivity index (χ1) is 8.76. The van der Waals surface area contributed by atoms with Crippen LogP contribution >= 0.6 is 0 Å². The molecule has 1 rings (SSSR count). The van der Waals surface area contributed by atoms with Gasteiger partial charge in [-0.2, -0.15) is 5.26 Å². The molecule has 0 saturated heterocycles. The number of ether oxygens (including phenoxy) is 2. The molecule has 1 aliphatic carbocycles. The topological polar surface area (TPSA) is 59.3 Å². The van der Waals surface area contributed by atoms with Crippen molar-refractivity contribution in [2.45, 2.75) is 51.6 Å². The summed E-state index contributed by atoms with van der Waals surface area (Å²) in [5.74, 6) is 0.145. The highest BCUT2D eigenvalue weighted by Gasteiger charge is 2.18. The van der Waals surface area contributed by atoms with Crippen LogP contribution < -0.4 is 0 Å². The fourth-order valence-corrected chi connectivity index (χ4v) is 2.24. The number of nitriles is 1. The van der Waals surface area contributed by atoms with E-state index >= 15 is 0 Å². The molecule has 0 N–H and O–H groups in total. The van der Waals surface area contributed by atoms with Crippen molar-refractivity contribution < 1.29 is 14.3 Å². The van der Waals surface area contributed by atoms with Gasteiger partial charge in [0, 0.05) is 6.42 Å². The lowest BCUT2D eigenvalue weighted by molar-refractivity contribution is -0.137. The minimum absolute atomic E-state index is 0.340. The highest BCUT2D eigenvalue weighted by atomic mass is 16.5. The minimum atomic E-state index is -0.459. The SMILES string of the molecule is CCOC(=O)C=COC(C#N)CC1CCCCC1. The normalized spacial score (nSPS) is 18.2. The minimum Gasteiger partial charge on any atom is -0.483 e. The van der Waals surface area contributed by atoms with E-state index in [0.29, 0.717) is 12.5 Å². The van der Waals surface area contributed by atoms with Crippen molar-refractivity contribution in [2.75, 3.05) is 6.61 Å². The number of rotatable bonds is 6. The van der Waals surface area contributed by atoms with Crippen LogP contribution in [0.25, 0.3) is 0 Å². The number of carbonyl (C=O) groups is 1. The maximum Gasteiger partial charge on any atom is 0.333 e. The molecule has 0 amide bonds. The third-order valence-corrected chi connectivity index (χ3v) is 3.15. The summed E-state index contributed by atoms with van der Waals surface area (Å²) in [7, 11) is 0. The van der Waals surface area contributed by atoms with Crippen LogP contribution in [0.3, 0.4) is 0 Å². The van der Waals surface area contributed by atoms with E-state index in [9.17, 15) is 4.79 Å². The summed E-state index contributed by atoms with van der Waals surface area (Å²) in [6.07, 6.45) is 8.96.